The van der Waals surface area contributed by atoms with Gasteiger partial charge in [-0.3, -0.25) is 14.5 Å². The monoisotopic (exact) mass is 465 g/mol. The molecule has 6 nitrogen and oxygen atoms in total. The van der Waals surface area contributed by atoms with E-state index in [4.69, 9.17) is 0 Å². The van der Waals surface area contributed by atoms with E-state index in [2.05, 4.69) is 17.4 Å². The zero-order chi connectivity index (χ0) is 23.9. The van der Waals surface area contributed by atoms with Crippen LogP contribution in [0.2, 0.25) is 0 Å². The lowest BCUT2D eigenvalue weighted by atomic mass is 9.90. The SMILES string of the molecule is O=C(Nc1ccccc1-c1ccccc1)C1CCN2C(=O)N(C3CC3c3ccccc3)C(=O)C2C1. The molecule has 3 aromatic rings. The molecule has 3 fully saturated rings. The Bertz CT molecular complexity index is 1280. The number of carbonyl (C=O) groups is 3. The molecule has 0 radical (unpaired) electrons. The summed E-state index contributed by atoms with van der Waals surface area (Å²) >= 11 is 0. The average molecular weight is 466 g/mol. The van der Waals surface area contributed by atoms with Gasteiger partial charge in [0.1, 0.15) is 6.04 Å². The number of piperidine rings is 1. The number of para-hydroxylation sites is 1. The van der Waals surface area contributed by atoms with Gasteiger partial charge >= 0.3 is 6.03 Å². The van der Waals surface area contributed by atoms with E-state index in [-0.39, 0.29) is 35.7 Å². The van der Waals surface area contributed by atoms with Crippen molar-refractivity contribution in [1.82, 2.24) is 9.80 Å². The van der Waals surface area contributed by atoms with Crippen LogP contribution >= 0.6 is 0 Å². The number of benzene rings is 3. The quantitative estimate of drug-likeness (QED) is 0.546. The van der Waals surface area contributed by atoms with Crippen LogP contribution in [0.1, 0.15) is 30.7 Å². The van der Waals surface area contributed by atoms with Crippen molar-refractivity contribution >= 4 is 23.5 Å². The van der Waals surface area contributed by atoms with Crippen molar-refractivity contribution in [3.05, 3.63) is 90.5 Å². The van der Waals surface area contributed by atoms with E-state index in [1.54, 1.807) is 4.90 Å². The van der Waals surface area contributed by atoms with E-state index >= 15 is 0 Å². The van der Waals surface area contributed by atoms with Gasteiger partial charge < -0.3 is 10.2 Å². The first-order valence-electron chi connectivity index (χ1n) is 12.3. The Morgan fingerprint density at radius 1 is 0.829 bits per heavy atom. The van der Waals surface area contributed by atoms with Crippen LogP contribution in [0.25, 0.3) is 11.1 Å². The molecule has 1 N–H and O–H groups in total. The molecule has 4 atom stereocenters. The molecule has 3 aromatic carbocycles. The van der Waals surface area contributed by atoms with Gasteiger partial charge in [0, 0.05) is 35.7 Å². The summed E-state index contributed by atoms with van der Waals surface area (Å²) in [6.07, 6.45) is 1.72. The van der Waals surface area contributed by atoms with Gasteiger partial charge in [-0.05, 0) is 36.5 Å². The molecule has 0 aromatic heterocycles. The average Bonchev–Trinajstić information content (AvgIpc) is 3.65. The number of hydrogen-bond donors (Lipinski definition) is 1. The maximum atomic E-state index is 13.3. The largest absolute Gasteiger partial charge is 0.327 e. The van der Waals surface area contributed by atoms with E-state index < -0.39 is 6.04 Å². The van der Waals surface area contributed by atoms with Crippen molar-refractivity contribution < 1.29 is 14.4 Å². The summed E-state index contributed by atoms with van der Waals surface area (Å²) in [5.74, 6) is -0.360. The fraction of sp³-hybridized carbons (Fsp3) is 0.276. The molecule has 4 unspecified atom stereocenters. The lowest BCUT2D eigenvalue weighted by Gasteiger charge is -2.31. The second-order valence-electron chi connectivity index (χ2n) is 9.64. The first-order chi connectivity index (χ1) is 17.1. The van der Waals surface area contributed by atoms with Crippen molar-refractivity contribution in [3.63, 3.8) is 0 Å². The maximum absolute atomic E-state index is 13.3. The first kappa shape index (κ1) is 21.6. The van der Waals surface area contributed by atoms with E-state index in [9.17, 15) is 14.4 Å². The van der Waals surface area contributed by atoms with Crippen LogP contribution in [0.5, 0.6) is 0 Å². The summed E-state index contributed by atoms with van der Waals surface area (Å²) in [7, 11) is 0. The third-order valence-electron chi connectivity index (χ3n) is 7.53. The Morgan fingerprint density at radius 3 is 2.29 bits per heavy atom. The molecule has 2 saturated heterocycles. The molecule has 176 valence electrons. The molecule has 4 amide bonds. The summed E-state index contributed by atoms with van der Waals surface area (Å²) in [6.45, 7) is 0.423. The summed E-state index contributed by atoms with van der Waals surface area (Å²) in [6, 6.07) is 26.9. The molecular formula is C29H27N3O3. The number of carbonyl (C=O) groups excluding carboxylic acids is 3. The smallest absolute Gasteiger partial charge is 0.325 e. The Balaban J connectivity index is 1.15. The fourth-order valence-corrected chi connectivity index (χ4v) is 5.59. The molecule has 2 heterocycles. The minimum Gasteiger partial charge on any atom is -0.325 e. The summed E-state index contributed by atoms with van der Waals surface area (Å²) in [5, 5.41) is 3.09. The topological polar surface area (TPSA) is 69.7 Å². The van der Waals surface area contributed by atoms with E-state index in [1.807, 2.05) is 72.8 Å². The van der Waals surface area contributed by atoms with Gasteiger partial charge in [0.05, 0.1) is 0 Å². The normalized spacial score (nSPS) is 25.4. The van der Waals surface area contributed by atoms with E-state index in [1.165, 1.54) is 4.90 Å². The molecule has 6 heteroatoms. The van der Waals surface area contributed by atoms with Crippen molar-refractivity contribution in [2.45, 2.75) is 37.3 Å². The highest BCUT2D eigenvalue weighted by molar-refractivity contribution is 6.06. The van der Waals surface area contributed by atoms with Gasteiger partial charge in [0.15, 0.2) is 0 Å². The zero-order valence-electron chi connectivity index (χ0n) is 19.3. The van der Waals surface area contributed by atoms with Gasteiger partial charge in [-0.1, -0.05) is 78.9 Å². The number of urea groups is 1. The summed E-state index contributed by atoms with van der Waals surface area (Å²) in [4.78, 5) is 42.8. The fourth-order valence-electron chi connectivity index (χ4n) is 5.59. The van der Waals surface area contributed by atoms with Crippen molar-refractivity contribution in [2.24, 2.45) is 5.92 Å². The predicted octanol–water partition coefficient (Wildman–Crippen LogP) is 4.89. The summed E-state index contributed by atoms with van der Waals surface area (Å²) in [5.41, 5.74) is 3.91. The molecule has 2 aliphatic heterocycles. The number of fused-ring (bicyclic) bond motifs is 1. The highest BCUT2D eigenvalue weighted by Crippen LogP contribution is 2.47. The van der Waals surface area contributed by atoms with Crippen LogP contribution < -0.4 is 5.32 Å². The lowest BCUT2D eigenvalue weighted by molar-refractivity contribution is -0.130. The Labute approximate surface area is 204 Å². The van der Waals surface area contributed by atoms with Gasteiger partial charge in [-0.25, -0.2) is 4.79 Å². The van der Waals surface area contributed by atoms with Crippen molar-refractivity contribution in [2.75, 3.05) is 11.9 Å². The second-order valence-corrected chi connectivity index (χ2v) is 9.64. The number of rotatable bonds is 5. The molecule has 35 heavy (non-hydrogen) atoms. The molecule has 0 spiro atoms. The first-order valence-corrected chi connectivity index (χ1v) is 12.3. The predicted molar refractivity (Wildman–Crippen MR) is 134 cm³/mol. The number of imide groups is 1. The van der Waals surface area contributed by atoms with Crippen LogP contribution in [-0.2, 0) is 9.59 Å². The highest BCUT2D eigenvalue weighted by Gasteiger charge is 2.56. The van der Waals surface area contributed by atoms with E-state index in [0.29, 0.717) is 19.4 Å². The molecular weight excluding hydrogens is 438 g/mol. The molecule has 1 saturated carbocycles. The zero-order valence-corrected chi connectivity index (χ0v) is 19.3. The Kier molecular flexibility index (Phi) is 5.36. The second kappa shape index (κ2) is 8.69. The number of nitrogens with zero attached hydrogens (tertiary/aromatic N) is 2. The third kappa shape index (κ3) is 3.89. The molecule has 0 bridgehead atoms. The van der Waals surface area contributed by atoms with Crippen molar-refractivity contribution in [3.8, 4) is 11.1 Å². The lowest BCUT2D eigenvalue weighted by Crippen LogP contribution is -2.45. The number of hydrogen-bond acceptors (Lipinski definition) is 3. The van der Waals surface area contributed by atoms with Gasteiger partial charge in [0.25, 0.3) is 5.91 Å². The Morgan fingerprint density at radius 2 is 1.51 bits per heavy atom. The van der Waals surface area contributed by atoms with Crippen LogP contribution in [0, 0.1) is 5.92 Å². The third-order valence-corrected chi connectivity index (χ3v) is 7.53. The van der Waals surface area contributed by atoms with Gasteiger partial charge in [0.2, 0.25) is 5.91 Å². The standard InChI is InChI=1S/C29H27N3O3/c33-27(30-24-14-8-7-13-22(24)19-9-3-1-4-10-19)21-15-16-31-26(17-21)28(34)32(29(31)35)25-18-23(25)20-11-5-2-6-12-20/h1-14,21,23,25-26H,15-18H2,(H,30,33). The molecule has 1 aliphatic carbocycles. The maximum Gasteiger partial charge on any atom is 0.327 e. The number of nitrogens with one attached hydrogen (secondary N) is 1. The number of anilines is 1. The molecule has 6 rings (SSSR count). The van der Waals surface area contributed by atoms with Crippen LogP contribution in [-0.4, -0.2) is 46.3 Å². The van der Waals surface area contributed by atoms with Gasteiger partial charge in [-0.15, -0.1) is 0 Å². The van der Waals surface area contributed by atoms with Crippen LogP contribution in [0.15, 0.2) is 84.9 Å². The number of amides is 4. The van der Waals surface area contributed by atoms with Gasteiger partial charge in [-0.2, -0.15) is 0 Å². The molecule has 3 aliphatic rings. The van der Waals surface area contributed by atoms with E-state index in [0.717, 1.165) is 28.8 Å². The minimum atomic E-state index is -0.548. The Hall–Kier alpha value is -3.93. The highest BCUT2D eigenvalue weighted by atomic mass is 16.2. The van der Waals surface area contributed by atoms with Crippen molar-refractivity contribution in [1.29, 1.82) is 0 Å². The summed E-state index contributed by atoms with van der Waals surface area (Å²) < 4.78 is 0. The van der Waals surface area contributed by atoms with Crippen LogP contribution in [0.3, 0.4) is 0 Å². The minimum absolute atomic E-state index is 0.0759. The van der Waals surface area contributed by atoms with Crippen LogP contribution in [0.4, 0.5) is 10.5 Å².